The lowest BCUT2D eigenvalue weighted by Crippen LogP contribution is -2.41. The van der Waals surface area contributed by atoms with E-state index in [2.05, 4.69) is 23.9 Å². The number of hydrogen-bond acceptors (Lipinski definition) is 11. The molecule has 2 aromatic heterocycles. The molecule has 1 aliphatic rings. The third-order valence-corrected chi connectivity index (χ3v) is 10.6. The van der Waals surface area contributed by atoms with Gasteiger partial charge in [-0.1, -0.05) is 77.6 Å². The van der Waals surface area contributed by atoms with Crippen LogP contribution in [-0.4, -0.2) is 62.4 Å². The first-order valence-corrected chi connectivity index (χ1v) is 20.6. The van der Waals surface area contributed by atoms with Gasteiger partial charge in [-0.2, -0.15) is 15.6 Å². The van der Waals surface area contributed by atoms with Crippen LogP contribution in [0.2, 0.25) is 0 Å². The molecular weight excluding hydrogens is 728 g/mol. The number of aromatic nitrogens is 2. The number of nitrogens with zero attached hydrogens (tertiary/aromatic N) is 4. The van der Waals surface area contributed by atoms with Gasteiger partial charge in [-0.15, -0.1) is 11.8 Å². The first kappa shape index (κ1) is 43.9. The number of fused-ring (bicyclic) bond motifs is 1. The van der Waals surface area contributed by atoms with Crippen molar-refractivity contribution in [3.8, 4) is 24.0 Å². The van der Waals surface area contributed by atoms with Crippen molar-refractivity contribution in [3.05, 3.63) is 65.2 Å². The van der Waals surface area contributed by atoms with Crippen LogP contribution < -0.4 is 5.73 Å². The number of aliphatic hydroxyl groups is 2. The highest BCUT2D eigenvalue weighted by Crippen LogP contribution is 2.46. The quantitative estimate of drug-likeness (QED) is 0.0437. The molecule has 1 saturated heterocycles. The first-order valence-electron chi connectivity index (χ1n) is 19.1. The van der Waals surface area contributed by atoms with E-state index in [4.69, 9.17) is 24.3 Å². The molecule has 0 radical (unpaired) electrons. The molecule has 15 heteroatoms. The summed E-state index contributed by atoms with van der Waals surface area (Å²) in [5.41, 5.74) is 5.30. The number of rotatable bonds is 23. The molecule has 5 N–H and O–H groups in total. The molecule has 0 bridgehead atoms. The van der Waals surface area contributed by atoms with E-state index in [0.29, 0.717) is 23.2 Å². The van der Waals surface area contributed by atoms with Gasteiger partial charge in [-0.3, -0.25) is 9.05 Å². The minimum absolute atomic E-state index is 0.0925. The van der Waals surface area contributed by atoms with Gasteiger partial charge in [0.1, 0.15) is 30.2 Å². The number of aliphatic hydroxyl groups excluding tert-OH is 2. The van der Waals surface area contributed by atoms with Crippen LogP contribution >= 0.6 is 7.82 Å². The lowest BCUT2D eigenvalue weighted by molar-refractivity contribution is -0.0656. The number of nitrogens with two attached hydrogens (primary N) is 1. The zero-order valence-corrected chi connectivity index (χ0v) is 32.3. The fourth-order valence-corrected chi connectivity index (χ4v) is 7.29. The number of ether oxygens (including phenoxy) is 2. The predicted octanol–water partition coefficient (Wildman–Crippen LogP) is 6.97. The summed E-state index contributed by atoms with van der Waals surface area (Å²) in [7, 11) is -4.81. The summed E-state index contributed by atoms with van der Waals surface area (Å²) in [6.07, 6.45) is 11.4. The Hall–Kier alpha value is -3.87. The molecule has 1 unspecified atom stereocenters. The second-order valence-electron chi connectivity index (χ2n) is 13.9. The van der Waals surface area contributed by atoms with Gasteiger partial charge in [-0.25, -0.2) is 13.5 Å². The van der Waals surface area contributed by atoms with Crippen molar-refractivity contribution in [1.82, 2.24) is 9.61 Å². The Bertz CT molecular complexity index is 1870. The van der Waals surface area contributed by atoms with Gasteiger partial charge in [0.15, 0.2) is 0 Å². The van der Waals surface area contributed by atoms with E-state index in [1.807, 2.05) is 12.1 Å². The summed E-state index contributed by atoms with van der Waals surface area (Å²) >= 11 is 0. The molecule has 1 aliphatic heterocycles. The molecule has 3 aromatic rings. The normalized spacial score (nSPS) is 21.0. The molecule has 0 spiro atoms. The average molecular weight is 782 g/mol. The number of nitriles is 2. The van der Waals surface area contributed by atoms with Crippen molar-refractivity contribution in [1.29, 1.82) is 10.5 Å². The number of nitrogen functional groups attached to an aromatic ring is 1. The summed E-state index contributed by atoms with van der Waals surface area (Å²) < 4.78 is 50.4. The topological polar surface area (TPSA) is 206 Å². The van der Waals surface area contributed by atoms with Crippen LogP contribution in [0.4, 0.5) is 10.1 Å². The summed E-state index contributed by atoms with van der Waals surface area (Å²) in [6, 6.07) is 12.2. The highest BCUT2D eigenvalue weighted by atomic mass is 31.2. The Morgan fingerprint density at radius 3 is 2.36 bits per heavy atom. The van der Waals surface area contributed by atoms with E-state index in [1.54, 1.807) is 12.1 Å². The maximum absolute atomic E-state index is 14.0. The van der Waals surface area contributed by atoms with Crippen molar-refractivity contribution in [2.75, 3.05) is 18.9 Å². The molecule has 0 saturated carbocycles. The van der Waals surface area contributed by atoms with E-state index in [1.165, 1.54) is 86.7 Å². The molecule has 1 aromatic carbocycles. The Morgan fingerprint density at radius 2 is 1.69 bits per heavy atom. The summed E-state index contributed by atoms with van der Waals surface area (Å²) in [4.78, 5) is 10.6. The van der Waals surface area contributed by atoms with Crippen molar-refractivity contribution in [3.63, 3.8) is 0 Å². The second kappa shape index (κ2) is 22.0. The molecule has 0 aliphatic carbocycles. The average Bonchev–Trinajstić information content (AvgIpc) is 3.72. The number of halogens is 1. The molecule has 13 nitrogen and oxygen atoms in total. The van der Waals surface area contributed by atoms with Crippen LogP contribution in [0.3, 0.4) is 0 Å². The first-order chi connectivity index (χ1) is 26.5. The fourth-order valence-electron chi connectivity index (χ4n) is 6.52. The number of benzene rings is 1. The van der Waals surface area contributed by atoms with Crippen LogP contribution in [0.15, 0.2) is 42.6 Å². The van der Waals surface area contributed by atoms with Crippen molar-refractivity contribution in [2.45, 2.75) is 133 Å². The number of hydrogen-bond donors (Lipinski definition) is 4. The zero-order chi connectivity index (χ0) is 39.7. The van der Waals surface area contributed by atoms with Crippen molar-refractivity contribution >= 4 is 19.0 Å². The molecule has 6 atom stereocenters. The number of phosphoric acid groups is 1. The third kappa shape index (κ3) is 12.8. The smallest absolute Gasteiger partial charge is 0.397 e. The SMILES string of the molecule is CCCCCCCCCCCCCCC#CC[C@H](COP(=O)(O)OC[C@H]1O[C@@](C#N)(c2ccc3c(N)ccnn23)[C@H](O)[C@@H]1O)OCc1cc(F)cc(C#N)c1. The molecule has 1 fully saturated rings. The Labute approximate surface area is 322 Å². The summed E-state index contributed by atoms with van der Waals surface area (Å²) in [5, 5.41) is 45.3. The largest absolute Gasteiger partial charge is 0.472 e. The van der Waals surface area contributed by atoms with Gasteiger partial charge in [0.2, 0.25) is 5.60 Å². The molecule has 3 heterocycles. The lowest BCUT2D eigenvalue weighted by atomic mass is 9.92. The van der Waals surface area contributed by atoms with Gasteiger partial charge in [0.25, 0.3) is 0 Å². The molecule has 4 rings (SSSR count). The van der Waals surface area contributed by atoms with Crippen LogP contribution in [-0.2, 0) is 35.3 Å². The van der Waals surface area contributed by atoms with Gasteiger partial charge in [0, 0.05) is 19.0 Å². The fraction of sp³-hybridized carbons (Fsp3) is 0.575. The van der Waals surface area contributed by atoms with E-state index in [0.717, 1.165) is 25.3 Å². The van der Waals surface area contributed by atoms with E-state index in [9.17, 15) is 34.6 Å². The van der Waals surface area contributed by atoms with Gasteiger partial charge < -0.3 is 30.3 Å². The Balaban J connectivity index is 1.28. The van der Waals surface area contributed by atoms with Crippen LogP contribution in [0, 0.1) is 40.3 Å². The van der Waals surface area contributed by atoms with Gasteiger partial charge in [-0.05, 0) is 48.4 Å². The zero-order valence-electron chi connectivity index (χ0n) is 31.4. The third-order valence-electron chi connectivity index (χ3n) is 9.60. The standard InChI is InChI=1S/C40H53FN5O8P/c1-2-3-4-5-6-7-8-9-10-11-12-13-14-15-16-17-33(51-26-31-22-30(25-42)23-32(41)24-31)27-52-55(49,50)53-28-36-38(47)39(48)40(29-43,54-36)37-19-18-35-34(44)20-21-45-46(35)37/h18-24,33,36,38-39,47-48H,2-14,17,26-28,44H2,1H3,(H,49,50)/t33-,36-,38-,39-,40+/m1/s1. The number of anilines is 1. The van der Waals surface area contributed by atoms with Gasteiger partial charge in [0.05, 0.1) is 54.5 Å². The lowest BCUT2D eigenvalue weighted by Gasteiger charge is -2.24. The molecular formula is C40H53FN5O8P. The van der Waals surface area contributed by atoms with Gasteiger partial charge >= 0.3 is 7.82 Å². The molecule has 55 heavy (non-hydrogen) atoms. The molecule has 0 amide bonds. The minimum atomic E-state index is -4.81. The van der Waals surface area contributed by atoms with Crippen molar-refractivity contribution < 1.29 is 42.6 Å². The monoisotopic (exact) mass is 781 g/mol. The minimum Gasteiger partial charge on any atom is -0.397 e. The highest BCUT2D eigenvalue weighted by molar-refractivity contribution is 7.47. The summed E-state index contributed by atoms with van der Waals surface area (Å²) in [6.45, 7) is 0.945. The van der Waals surface area contributed by atoms with E-state index in [-0.39, 0.29) is 24.3 Å². The number of unbranched alkanes of at least 4 members (excludes halogenated alkanes) is 12. The predicted molar refractivity (Wildman–Crippen MR) is 203 cm³/mol. The second-order valence-corrected chi connectivity index (χ2v) is 15.3. The number of phosphoric ester groups is 1. The highest BCUT2D eigenvalue weighted by Gasteiger charge is 2.58. The van der Waals surface area contributed by atoms with Crippen LogP contribution in [0.1, 0.15) is 114 Å². The maximum atomic E-state index is 14.0. The Kier molecular flexibility index (Phi) is 17.6. The van der Waals surface area contributed by atoms with E-state index >= 15 is 0 Å². The van der Waals surface area contributed by atoms with E-state index < -0.39 is 56.9 Å². The van der Waals surface area contributed by atoms with Crippen LogP contribution in [0.5, 0.6) is 0 Å². The Morgan fingerprint density at radius 1 is 1.00 bits per heavy atom. The maximum Gasteiger partial charge on any atom is 0.472 e. The van der Waals surface area contributed by atoms with Crippen LogP contribution in [0.25, 0.3) is 5.52 Å². The molecule has 298 valence electrons. The van der Waals surface area contributed by atoms with Crippen molar-refractivity contribution in [2.24, 2.45) is 0 Å². The summed E-state index contributed by atoms with van der Waals surface area (Å²) in [5.74, 6) is 5.57.